The lowest BCUT2D eigenvalue weighted by Gasteiger charge is -2.25. The van der Waals surface area contributed by atoms with Crippen LogP contribution in [0.5, 0.6) is 0 Å². The van der Waals surface area contributed by atoms with Crippen molar-refractivity contribution in [2.45, 2.75) is 0 Å². The maximum Gasteiger partial charge on any atom is -0.00202 e. The van der Waals surface area contributed by atoms with Gasteiger partial charge in [0.05, 0.1) is 0 Å². The molecule has 0 aliphatic carbocycles. The van der Waals surface area contributed by atoms with Gasteiger partial charge < -0.3 is 0 Å². The molecule has 37 heavy (non-hydrogen) atoms. The van der Waals surface area contributed by atoms with Gasteiger partial charge in [-0.15, -0.1) is 0 Å². The van der Waals surface area contributed by atoms with Gasteiger partial charge in [0, 0.05) is 0 Å². The Bertz CT molecular complexity index is 2000. The quantitative estimate of drug-likeness (QED) is 0.173. The third-order valence-corrected chi connectivity index (χ3v) is 10.4. The van der Waals surface area contributed by atoms with Crippen LogP contribution in [0.3, 0.4) is 0 Å². The lowest BCUT2D eigenvalue weighted by Crippen LogP contribution is -2.22. The molecule has 0 radical (unpaired) electrons. The van der Waals surface area contributed by atoms with Crippen LogP contribution in [0, 0.1) is 0 Å². The molecule has 0 aliphatic rings. The second-order valence-corrected chi connectivity index (χ2v) is 11.9. The van der Waals surface area contributed by atoms with Crippen LogP contribution in [0.25, 0.3) is 53.9 Å². The van der Waals surface area contributed by atoms with E-state index in [2.05, 4.69) is 140 Å². The van der Waals surface area contributed by atoms with E-state index in [1.54, 1.807) is 0 Å². The highest BCUT2D eigenvalue weighted by Gasteiger charge is 2.24. The van der Waals surface area contributed by atoms with Crippen LogP contribution >= 0.6 is 7.92 Å². The summed E-state index contributed by atoms with van der Waals surface area (Å²) in [6.07, 6.45) is 0. The Hall–Kier alpha value is -4.25. The van der Waals surface area contributed by atoms with Crippen LogP contribution in [-0.2, 0) is 0 Å². The first-order valence-electron chi connectivity index (χ1n) is 12.8. The zero-order valence-electron chi connectivity index (χ0n) is 20.2. The zero-order valence-corrected chi connectivity index (χ0v) is 21.1. The van der Waals surface area contributed by atoms with Gasteiger partial charge in [-0.05, 0) is 77.7 Å². The van der Waals surface area contributed by atoms with E-state index in [1.165, 1.54) is 69.8 Å². The standard InChI is InChI=1S/C36H23P/c1-3-14-29-24(8-1)10-6-16-32(29)37(33-17-7-11-25-9-2-4-15-30(25)33)34-23-21-28-19-18-26-12-5-13-27-20-22-31(34)36(28)35(26)27/h1-23H. The summed E-state index contributed by atoms with van der Waals surface area (Å²) < 4.78 is 0. The van der Waals surface area contributed by atoms with Crippen molar-refractivity contribution in [2.75, 3.05) is 0 Å². The van der Waals surface area contributed by atoms with E-state index >= 15 is 0 Å². The van der Waals surface area contributed by atoms with Gasteiger partial charge in [-0.2, -0.15) is 0 Å². The van der Waals surface area contributed by atoms with Crippen LogP contribution in [0.1, 0.15) is 0 Å². The van der Waals surface area contributed by atoms with Crippen molar-refractivity contribution < 1.29 is 0 Å². The van der Waals surface area contributed by atoms with Crippen molar-refractivity contribution in [3.05, 3.63) is 140 Å². The second kappa shape index (κ2) is 8.13. The van der Waals surface area contributed by atoms with Crippen molar-refractivity contribution in [2.24, 2.45) is 0 Å². The summed E-state index contributed by atoms with van der Waals surface area (Å²) in [5, 5.41) is 17.6. The van der Waals surface area contributed by atoms with E-state index in [0.29, 0.717) is 0 Å². The molecule has 0 N–H and O–H groups in total. The molecule has 172 valence electrons. The highest BCUT2D eigenvalue weighted by molar-refractivity contribution is 7.81. The monoisotopic (exact) mass is 486 g/mol. The van der Waals surface area contributed by atoms with Crippen molar-refractivity contribution in [1.82, 2.24) is 0 Å². The molecule has 8 rings (SSSR count). The van der Waals surface area contributed by atoms with Gasteiger partial charge in [-0.3, -0.25) is 0 Å². The normalized spacial score (nSPS) is 12.0. The molecule has 8 aromatic carbocycles. The summed E-state index contributed by atoms with van der Waals surface area (Å²) >= 11 is 0. The van der Waals surface area contributed by atoms with Gasteiger partial charge in [0.15, 0.2) is 0 Å². The van der Waals surface area contributed by atoms with E-state index in [0.717, 1.165) is 0 Å². The Kier molecular flexibility index (Phi) is 4.59. The van der Waals surface area contributed by atoms with Gasteiger partial charge in [0.1, 0.15) is 0 Å². The molecule has 0 heterocycles. The number of rotatable bonds is 3. The molecule has 8 aromatic rings. The zero-order chi connectivity index (χ0) is 24.3. The Morgan fingerprint density at radius 3 is 1.35 bits per heavy atom. The number of hydrogen-bond acceptors (Lipinski definition) is 0. The van der Waals surface area contributed by atoms with Crippen LogP contribution in [0.2, 0.25) is 0 Å². The largest absolute Gasteiger partial charge is 0.0616 e. The Labute approximate surface area is 216 Å². The molecule has 0 amide bonds. The third-order valence-electron chi connectivity index (χ3n) is 7.76. The minimum atomic E-state index is -0.823. The molecule has 0 saturated heterocycles. The molecule has 0 spiro atoms. The lowest BCUT2D eigenvalue weighted by atomic mass is 9.94. The minimum absolute atomic E-state index is 0.823. The predicted molar refractivity (Wildman–Crippen MR) is 164 cm³/mol. The number of hydrogen-bond donors (Lipinski definition) is 0. The smallest absolute Gasteiger partial charge is 0.00202 e. The van der Waals surface area contributed by atoms with Gasteiger partial charge in [0.2, 0.25) is 0 Å². The molecule has 0 nitrogen and oxygen atoms in total. The first-order valence-corrected chi connectivity index (χ1v) is 14.1. The topological polar surface area (TPSA) is 0 Å². The SMILES string of the molecule is c1ccc2c(P(c3cccc4ccccc34)c3ccc4ccc5cccc6ccc3c4c56)cccc2c1. The molecular formula is C36H23P. The highest BCUT2D eigenvalue weighted by Crippen LogP contribution is 2.43. The van der Waals surface area contributed by atoms with E-state index in [4.69, 9.17) is 0 Å². The molecule has 0 saturated carbocycles. The molecule has 0 fully saturated rings. The molecule has 0 aliphatic heterocycles. The predicted octanol–water partition coefficient (Wildman–Crippen LogP) is 8.65. The Morgan fingerprint density at radius 2 is 0.703 bits per heavy atom. The molecule has 0 bridgehead atoms. The first kappa shape index (κ1) is 20.9. The summed E-state index contributed by atoms with van der Waals surface area (Å²) in [6, 6.07) is 52.0. The van der Waals surface area contributed by atoms with E-state index < -0.39 is 7.92 Å². The highest BCUT2D eigenvalue weighted by atomic mass is 31.1. The summed E-state index contributed by atoms with van der Waals surface area (Å²) in [6.45, 7) is 0. The van der Waals surface area contributed by atoms with Gasteiger partial charge in [-0.25, -0.2) is 0 Å². The number of benzene rings is 8. The van der Waals surface area contributed by atoms with E-state index in [1.807, 2.05) is 0 Å². The average molecular weight is 487 g/mol. The fourth-order valence-corrected chi connectivity index (χ4v) is 8.90. The summed E-state index contributed by atoms with van der Waals surface area (Å²) in [5.74, 6) is 0. The van der Waals surface area contributed by atoms with Crippen LogP contribution < -0.4 is 15.9 Å². The average Bonchev–Trinajstić information content (AvgIpc) is 2.97. The first-order chi connectivity index (χ1) is 18.4. The van der Waals surface area contributed by atoms with Crippen LogP contribution in [0.15, 0.2) is 140 Å². The Balaban J connectivity index is 1.54. The van der Waals surface area contributed by atoms with Crippen molar-refractivity contribution >= 4 is 77.7 Å². The Morgan fingerprint density at radius 1 is 0.270 bits per heavy atom. The van der Waals surface area contributed by atoms with Gasteiger partial charge in [-0.1, -0.05) is 140 Å². The maximum absolute atomic E-state index is 2.40. The van der Waals surface area contributed by atoms with Crippen LogP contribution in [-0.4, -0.2) is 0 Å². The fraction of sp³-hybridized carbons (Fsp3) is 0. The van der Waals surface area contributed by atoms with Gasteiger partial charge >= 0.3 is 0 Å². The molecule has 0 unspecified atom stereocenters. The molecule has 0 aromatic heterocycles. The second-order valence-electron chi connectivity index (χ2n) is 9.77. The lowest BCUT2D eigenvalue weighted by molar-refractivity contribution is 1.77. The third kappa shape index (κ3) is 3.13. The minimum Gasteiger partial charge on any atom is -0.0616 e. The molecular weight excluding hydrogens is 463 g/mol. The van der Waals surface area contributed by atoms with E-state index in [9.17, 15) is 0 Å². The number of fused-ring (bicyclic) bond motifs is 2. The summed E-state index contributed by atoms with van der Waals surface area (Å²) in [7, 11) is -0.823. The summed E-state index contributed by atoms with van der Waals surface area (Å²) in [5.41, 5.74) is 0. The van der Waals surface area contributed by atoms with Crippen LogP contribution in [0.4, 0.5) is 0 Å². The van der Waals surface area contributed by atoms with Gasteiger partial charge in [0.25, 0.3) is 0 Å². The molecule has 1 heteroatoms. The summed E-state index contributed by atoms with van der Waals surface area (Å²) in [4.78, 5) is 0. The van der Waals surface area contributed by atoms with Crippen molar-refractivity contribution in [3.8, 4) is 0 Å². The fourth-order valence-electron chi connectivity index (χ4n) is 6.11. The van der Waals surface area contributed by atoms with Crippen molar-refractivity contribution in [3.63, 3.8) is 0 Å². The van der Waals surface area contributed by atoms with E-state index in [-0.39, 0.29) is 0 Å². The molecule has 0 atom stereocenters. The van der Waals surface area contributed by atoms with Crippen molar-refractivity contribution in [1.29, 1.82) is 0 Å². The maximum atomic E-state index is 2.40.